The molecule has 0 radical (unpaired) electrons. The van der Waals surface area contributed by atoms with Gasteiger partial charge in [0.25, 0.3) is 5.91 Å². The van der Waals surface area contributed by atoms with Crippen LogP contribution in [0, 0.1) is 0 Å². The van der Waals surface area contributed by atoms with Crippen LogP contribution in [0.1, 0.15) is 12.5 Å². The van der Waals surface area contributed by atoms with Crippen LogP contribution < -0.4 is 5.32 Å². The second-order valence-corrected chi connectivity index (χ2v) is 7.71. The lowest BCUT2D eigenvalue weighted by atomic mass is 10.1. The number of hydrogen-bond acceptors (Lipinski definition) is 4. The van der Waals surface area contributed by atoms with E-state index >= 15 is 0 Å². The zero-order chi connectivity index (χ0) is 18.1. The molecule has 1 N–H and O–H groups in total. The predicted molar refractivity (Wildman–Crippen MR) is 86.0 cm³/mol. The highest BCUT2D eigenvalue weighted by Crippen LogP contribution is 2.43. The van der Waals surface area contributed by atoms with Crippen molar-refractivity contribution in [3.63, 3.8) is 0 Å². The van der Waals surface area contributed by atoms with E-state index in [0.29, 0.717) is 6.07 Å². The third kappa shape index (κ3) is 4.58. The summed E-state index contributed by atoms with van der Waals surface area (Å²) >= 11 is 12.4. The van der Waals surface area contributed by atoms with E-state index in [0.717, 1.165) is 23.9 Å². The van der Waals surface area contributed by atoms with Crippen molar-refractivity contribution in [1.29, 1.82) is 0 Å². The minimum absolute atomic E-state index is 0.0708. The van der Waals surface area contributed by atoms with Gasteiger partial charge in [-0.3, -0.25) is 9.59 Å². The number of alkyl halides is 4. The summed E-state index contributed by atoms with van der Waals surface area (Å²) in [7, 11) is 0. The van der Waals surface area contributed by atoms with E-state index in [4.69, 9.17) is 27.9 Å². The summed E-state index contributed by atoms with van der Waals surface area (Å²) < 4.78 is 42.8. The van der Waals surface area contributed by atoms with Crippen LogP contribution in [0.25, 0.3) is 0 Å². The molecule has 2 rings (SSSR count). The van der Waals surface area contributed by atoms with Gasteiger partial charge >= 0.3 is 6.18 Å². The quantitative estimate of drug-likeness (QED) is 0.761. The number of halogens is 5. The molecule has 1 aliphatic rings. The third-order valence-corrected chi connectivity index (χ3v) is 4.46. The Morgan fingerprint density at radius 2 is 2.08 bits per heavy atom. The molecule has 1 heterocycles. The van der Waals surface area contributed by atoms with Crippen LogP contribution in [0.3, 0.4) is 0 Å². The second-order valence-electron chi connectivity index (χ2n) is 4.87. The number of amides is 1. The van der Waals surface area contributed by atoms with Gasteiger partial charge in [0.15, 0.2) is 10.8 Å². The maximum absolute atomic E-state index is 12.9. The Morgan fingerprint density at radius 1 is 1.42 bits per heavy atom. The van der Waals surface area contributed by atoms with Crippen LogP contribution in [-0.4, -0.2) is 21.8 Å². The molecule has 0 saturated heterocycles. The number of ether oxygens (including phenoxy) is 1. The summed E-state index contributed by atoms with van der Waals surface area (Å²) in [5.41, 5.74) is -1.52. The van der Waals surface area contributed by atoms with Crippen molar-refractivity contribution in [2.75, 3.05) is 11.9 Å². The average molecular weight is 400 g/mol. The standard InChI is InChI=1S/C14H10Cl2F3NO3S/c1-13(16)10(5-12(22)24-13)23-6-11(21)20-9-3-2-7(15)4-8(9)14(17,18)19/h2-5H,6H2,1H3,(H,20,21). The molecule has 0 aliphatic carbocycles. The molecule has 130 valence electrons. The van der Waals surface area contributed by atoms with Crippen LogP contribution in [0.4, 0.5) is 18.9 Å². The summed E-state index contributed by atoms with van der Waals surface area (Å²) in [4.78, 5) is 23.1. The SMILES string of the molecule is CC1(Cl)SC(=O)C=C1OCC(=O)Nc1ccc(Cl)cc1C(F)(F)F. The van der Waals surface area contributed by atoms with Crippen LogP contribution >= 0.6 is 35.0 Å². The van der Waals surface area contributed by atoms with Crippen molar-refractivity contribution in [2.24, 2.45) is 0 Å². The predicted octanol–water partition coefficient (Wildman–Crippen LogP) is 4.43. The Kier molecular flexibility index (Phi) is 5.41. The van der Waals surface area contributed by atoms with Crippen molar-refractivity contribution in [1.82, 2.24) is 0 Å². The van der Waals surface area contributed by atoms with E-state index in [1.807, 2.05) is 0 Å². The van der Waals surface area contributed by atoms with E-state index in [1.54, 1.807) is 0 Å². The molecule has 1 aromatic rings. The molecule has 24 heavy (non-hydrogen) atoms. The van der Waals surface area contributed by atoms with E-state index in [-0.39, 0.29) is 15.9 Å². The van der Waals surface area contributed by atoms with Gasteiger partial charge < -0.3 is 10.1 Å². The largest absolute Gasteiger partial charge is 0.485 e. The highest BCUT2D eigenvalue weighted by molar-refractivity contribution is 8.16. The van der Waals surface area contributed by atoms with Crippen LogP contribution in [0.5, 0.6) is 0 Å². The summed E-state index contributed by atoms with van der Waals surface area (Å²) in [6, 6.07) is 2.98. The topological polar surface area (TPSA) is 55.4 Å². The zero-order valence-corrected chi connectivity index (χ0v) is 14.4. The first-order valence-electron chi connectivity index (χ1n) is 6.42. The van der Waals surface area contributed by atoms with E-state index in [1.165, 1.54) is 13.0 Å². The number of nitrogens with one attached hydrogen (secondary N) is 1. The molecule has 0 saturated carbocycles. The van der Waals surface area contributed by atoms with Gasteiger partial charge in [0, 0.05) is 11.1 Å². The minimum Gasteiger partial charge on any atom is -0.485 e. The summed E-state index contributed by atoms with van der Waals surface area (Å²) in [5, 5.41) is 1.66. The summed E-state index contributed by atoms with van der Waals surface area (Å²) in [6.45, 7) is 0.913. The van der Waals surface area contributed by atoms with E-state index < -0.39 is 34.1 Å². The normalized spacial score (nSPS) is 20.8. The Labute approximate surface area is 149 Å². The number of hydrogen-bond donors (Lipinski definition) is 1. The lowest BCUT2D eigenvalue weighted by Crippen LogP contribution is -2.23. The Hall–Kier alpha value is -1.38. The van der Waals surface area contributed by atoms with Crippen LogP contribution in [0.2, 0.25) is 5.02 Å². The van der Waals surface area contributed by atoms with Gasteiger partial charge in [-0.05, 0) is 25.1 Å². The monoisotopic (exact) mass is 399 g/mol. The maximum Gasteiger partial charge on any atom is 0.418 e. The lowest BCUT2D eigenvalue weighted by Gasteiger charge is -2.18. The molecule has 0 fully saturated rings. The Bertz CT molecular complexity index is 720. The first-order valence-corrected chi connectivity index (χ1v) is 8.00. The van der Waals surface area contributed by atoms with Crippen molar-refractivity contribution < 1.29 is 27.5 Å². The fourth-order valence-electron chi connectivity index (χ4n) is 1.86. The van der Waals surface area contributed by atoms with Crippen LogP contribution in [-0.2, 0) is 20.5 Å². The lowest BCUT2D eigenvalue weighted by molar-refractivity contribution is -0.137. The fraction of sp³-hybridized carbons (Fsp3) is 0.286. The molecule has 0 aromatic heterocycles. The third-order valence-electron chi connectivity index (χ3n) is 2.90. The van der Waals surface area contributed by atoms with Gasteiger partial charge in [-0.2, -0.15) is 13.2 Å². The molecule has 0 bridgehead atoms. The molecular formula is C14H10Cl2F3NO3S. The van der Waals surface area contributed by atoms with Gasteiger partial charge in [-0.25, -0.2) is 0 Å². The van der Waals surface area contributed by atoms with Gasteiger partial charge in [-0.1, -0.05) is 35.0 Å². The maximum atomic E-state index is 12.9. The number of rotatable bonds is 4. The average Bonchev–Trinajstić information content (AvgIpc) is 2.69. The number of benzene rings is 1. The van der Waals surface area contributed by atoms with Gasteiger partial charge in [0.2, 0.25) is 5.12 Å². The van der Waals surface area contributed by atoms with Gasteiger partial charge in [-0.15, -0.1) is 0 Å². The highest BCUT2D eigenvalue weighted by Gasteiger charge is 2.38. The first-order chi connectivity index (χ1) is 11.0. The molecule has 4 nitrogen and oxygen atoms in total. The van der Waals surface area contributed by atoms with Crippen molar-refractivity contribution in [2.45, 2.75) is 17.3 Å². The number of carbonyl (C=O) groups is 2. The summed E-state index contributed by atoms with van der Waals surface area (Å²) in [6.07, 6.45) is -3.55. The first kappa shape index (κ1) is 19.0. The van der Waals surface area contributed by atoms with E-state index in [9.17, 15) is 22.8 Å². The molecule has 0 spiro atoms. The Balaban J connectivity index is 2.06. The number of carbonyl (C=O) groups excluding carboxylic acids is 2. The fourth-order valence-corrected chi connectivity index (χ4v) is 3.14. The smallest absolute Gasteiger partial charge is 0.418 e. The summed E-state index contributed by atoms with van der Waals surface area (Å²) in [5.74, 6) is -0.762. The Morgan fingerprint density at radius 3 is 2.62 bits per heavy atom. The van der Waals surface area contributed by atoms with Gasteiger partial charge in [0.05, 0.1) is 11.3 Å². The zero-order valence-electron chi connectivity index (χ0n) is 12.0. The van der Waals surface area contributed by atoms with Crippen molar-refractivity contribution >= 4 is 51.7 Å². The molecular weight excluding hydrogens is 390 g/mol. The van der Waals surface area contributed by atoms with E-state index in [2.05, 4.69) is 5.32 Å². The number of anilines is 1. The minimum atomic E-state index is -4.68. The van der Waals surface area contributed by atoms with Crippen LogP contribution in [0.15, 0.2) is 30.0 Å². The molecule has 1 aromatic carbocycles. The van der Waals surface area contributed by atoms with Crippen molar-refractivity contribution in [3.05, 3.63) is 40.6 Å². The second kappa shape index (κ2) is 6.85. The van der Waals surface area contributed by atoms with Crippen molar-refractivity contribution in [3.8, 4) is 0 Å². The molecule has 1 aliphatic heterocycles. The highest BCUT2D eigenvalue weighted by atomic mass is 35.5. The molecule has 1 unspecified atom stereocenters. The molecule has 1 amide bonds. The molecule has 1 atom stereocenters. The molecule has 10 heteroatoms. The number of thioether (sulfide) groups is 1. The van der Waals surface area contributed by atoms with Gasteiger partial charge in [0.1, 0.15) is 5.76 Å².